The van der Waals surface area contributed by atoms with Gasteiger partial charge in [0.05, 0.1) is 33.6 Å². The van der Waals surface area contributed by atoms with Crippen molar-refractivity contribution in [2.45, 2.75) is 6.92 Å². The highest BCUT2D eigenvalue weighted by Gasteiger charge is 2.21. The first-order valence-corrected chi connectivity index (χ1v) is 10.1. The van der Waals surface area contributed by atoms with E-state index in [1.807, 2.05) is 36.4 Å². The Hall–Kier alpha value is -2.83. The third kappa shape index (κ3) is 3.80. The average Bonchev–Trinajstić information content (AvgIpc) is 2.72. The van der Waals surface area contributed by atoms with Gasteiger partial charge < -0.3 is 5.32 Å². The van der Waals surface area contributed by atoms with Crippen molar-refractivity contribution in [3.8, 4) is 11.3 Å². The third-order valence-electron chi connectivity index (χ3n) is 4.64. The van der Waals surface area contributed by atoms with Crippen LogP contribution < -0.4 is 5.32 Å². The first-order chi connectivity index (χ1) is 14.3. The van der Waals surface area contributed by atoms with Gasteiger partial charge in [-0.15, -0.1) is 0 Å². The van der Waals surface area contributed by atoms with Crippen LogP contribution in [0.3, 0.4) is 0 Å². The van der Waals surface area contributed by atoms with Crippen LogP contribution in [0.25, 0.3) is 22.2 Å². The molecule has 0 unspecified atom stereocenters. The fourth-order valence-corrected chi connectivity index (χ4v) is 3.79. The molecule has 1 N–H and O–H groups in total. The summed E-state index contributed by atoms with van der Waals surface area (Å²) in [7, 11) is 0. The van der Waals surface area contributed by atoms with Gasteiger partial charge in [0.2, 0.25) is 0 Å². The van der Waals surface area contributed by atoms with Gasteiger partial charge in [-0.2, -0.15) is 0 Å². The van der Waals surface area contributed by atoms with Gasteiger partial charge in [-0.3, -0.25) is 4.79 Å². The lowest BCUT2D eigenvalue weighted by Crippen LogP contribution is -2.16. The minimum absolute atomic E-state index is 0.138. The van der Waals surface area contributed by atoms with Crippen LogP contribution in [0.15, 0.2) is 59.1 Å². The maximum Gasteiger partial charge on any atom is 0.256 e. The van der Waals surface area contributed by atoms with E-state index in [0.29, 0.717) is 27.7 Å². The maximum atomic E-state index is 13.6. The quantitative estimate of drug-likeness (QED) is 0.318. The van der Waals surface area contributed by atoms with E-state index in [1.165, 1.54) is 0 Å². The van der Waals surface area contributed by atoms with E-state index >= 15 is 0 Å². The highest BCUT2D eigenvalue weighted by atomic mass is 79.9. The predicted octanol–water partition coefficient (Wildman–Crippen LogP) is 6.96. The highest BCUT2D eigenvalue weighted by molar-refractivity contribution is 9.10. The largest absolute Gasteiger partial charge is 0.320 e. The van der Waals surface area contributed by atoms with Crippen LogP contribution in [0.1, 0.15) is 15.9 Å². The van der Waals surface area contributed by atoms with E-state index in [2.05, 4.69) is 27.3 Å². The standard InChI is InChI=1S/C23H13BrClF2N2O/c1-12-21(23(30)29-20-11-18(27)17(26)10-16(20)25)15-9-14(24)7-8-19(15)28-22(12)13-5-3-2-4-6-13/h2-10H,1H3,(H,29,30). The number of pyridine rings is 1. The Morgan fingerprint density at radius 1 is 1.13 bits per heavy atom. The molecule has 0 saturated carbocycles. The minimum atomic E-state index is -1.22. The number of rotatable bonds is 3. The number of nitrogens with zero attached hydrogens (tertiary/aromatic N) is 1. The SMILES string of the molecule is Cc1c(-c2ccccc2)nc2ccc(Br)cc2c1C(=O)Nc1[c]c(F)c(F)cc1Cl. The van der Waals surface area contributed by atoms with Crippen molar-refractivity contribution in [1.82, 2.24) is 4.98 Å². The second kappa shape index (κ2) is 8.13. The highest BCUT2D eigenvalue weighted by Crippen LogP contribution is 2.32. The molecule has 1 heterocycles. The number of benzene rings is 3. The van der Waals surface area contributed by atoms with Crippen LogP contribution in [0, 0.1) is 24.6 Å². The number of nitrogens with one attached hydrogen (secondary N) is 1. The maximum absolute atomic E-state index is 13.6. The molecule has 3 nitrogen and oxygen atoms in total. The second-order valence-electron chi connectivity index (χ2n) is 6.60. The molecule has 149 valence electrons. The second-order valence-corrected chi connectivity index (χ2v) is 7.92. The van der Waals surface area contributed by atoms with Crippen LogP contribution in [0.5, 0.6) is 0 Å². The van der Waals surface area contributed by atoms with Crippen molar-refractivity contribution in [3.05, 3.63) is 92.9 Å². The summed E-state index contributed by atoms with van der Waals surface area (Å²) in [6.45, 7) is 1.79. The van der Waals surface area contributed by atoms with Gasteiger partial charge in [0, 0.05) is 15.4 Å². The molecular formula is C23H13BrClF2N2O. The zero-order valence-electron chi connectivity index (χ0n) is 15.6. The molecule has 3 aromatic carbocycles. The molecule has 0 bridgehead atoms. The van der Waals surface area contributed by atoms with E-state index < -0.39 is 17.5 Å². The van der Waals surface area contributed by atoms with Crippen LogP contribution in [-0.4, -0.2) is 10.9 Å². The van der Waals surface area contributed by atoms with E-state index in [0.717, 1.165) is 16.1 Å². The Bertz CT molecular complexity index is 1300. The molecule has 30 heavy (non-hydrogen) atoms. The molecule has 0 aliphatic rings. The molecule has 0 aliphatic carbocycles. The molecule has 1 radical (unpaired) electrons. The zero-order chi connectivity index (χ0) is 21.4. The molecule has 0 fully saturated rings. The molecule has 4 aromatic rings. The summed E-state index contributed by atoms with van der Waals surface area (Å²) < 4.78 is 27.8. The van der Waals surface area contributed by atoms with Gasteiger partial charge in [0.15, 0.2) is 11.6 Å². The van der Waals surface area contributed by atoms with E-state index in [1.54, 1.807) is 19.1 Å². The lowest BCUT2D eigenvalue weighted by molar-refractivity contribution is 0.102. The number of fused-ring (bicyclic) bond motifs is 1. The van der Waals surface area contributed by atoms with Crippen molar-refractivity contribution in [2.75, 3.05) is 5.32 Å². The summed E-state index contributed by atoms with van der Waals surface area (Å²) in [5, 5.41) is 3.01. The molecule has 0 atom stereocenters. The Balaban J connectivity index is 1.90. The Morgan fingerprint density at radius 3 is 2.60 bits per heavy atom. The summed E-state index contributed by atoms with van der Waals surface area (Å²) >= 11 is 9.39. The fourth-order valence-electron chi connectivity index (χ4n) is 3.24. The monoisotopic (exact) mass is 485 g/mol. The van der Waals surface area contributed by atoms with Crippen LogP contribution in [0.4, 0.5) is 14.5 Å². The number of carbonyl (C=O) groups is 1. The number of hydrogen-bond acceptors (Lipinski definition) is 2. The fraction of sp³-hybridized carbons (Fsp3) is 0.0435. The van der Waals surface area contributed by atoms with Crippen molar-refractivity contribution in [1.29, 1.82) is 0 Å². The van der Waals surface area contributed by atoms with Crippen LogP contribution >= 0.6 is 27.5 Å². The molecule has 0 aliphatic heterocycles. The van der Waals surface area contributed by atoms with Gasteiger partial charge in [-0.05, 0) is 36.8 Å². The molecule has 0 spiro atoms. The van der Waals surface area contributed by atoms with Gasteiger partial charge in [0.1, 0.15) is 0 Å². The van der Waals surface area contributed by atoms with Crippen molar-refractivity contribution < 1.29 is 13.6 Å². The van der Waals surface area contributed by atoms with Gasteiger partial charge in [0.25, 0.3) is 5.91 Å². The molecule has 7 heteroatoms. The summed E-state index contributed by atoms with van der Waals surface area (Å²) in [4.78, 5) is 18.0. The lowest BCUT2D eigenvalue weighted by Gasteiger charge is -2.15. The first kappa shape index (κ1) is 20.4. The topological polar surface area (TPSA) is 42.0 Å². The average molecular weight is 487 g/mol. The number of aromatic nitrogens is 1. The van der Waals surface area contributed by atoms with Gasteiger partial charge >= 0.3 is 0 Å². The van der Waals surface area contributed by atoms with E-state index in [-0.39, 0.29) is 10.7 Å². The molecule has 1 amide bonds. The van der Waals surface area contributed by atoms with E-state index in [9.17, 15) is 13.6 Å². The number of halogens is 4. The number of anilines is 1. The zero-order valence-corrected chi connectivity index (χ0v) is 17.9. The lowest BCUT2D eigenvalue weighted by atomic mass is 9.97. The summed E-state index contributed by atoms with van der Waals surface area (Å²) in [6, 6.07) is 17.8. The molecule has 4 rings (SSSR count). The normalized spacial score (nSPS) is 11.0. The molecular weight excluding hydrogens is 474 g/mol. The number of amides is 1. The summed E-state index contributed by atoms with van der Waals surface area (Å²) in [5.74, 6) is -2.89. The van der Waals surface area contributed by atoms with Gasteiger partial charge in [-0.1, -0.05) is 57.9 Å². The number of carbonyl (C=O) groups excluding carboxylic acids is 1. The first-order valence-electron chi connectivity index (χ1n) is 8.88. The number of hydrogen-bond donors (Lipinski definition) is 1. The Kier molecular flexibility index (Phi) is 5.54. The Labute approximate surface area is 184 Å². The smallest absolute Gasteiger partial charge is 0.256 e. The van der Waals surface area contributed by atoms with Crippen molar-refractivity contribution in [3.63, 3.8) is 0 Å². The minimum Gasteiger partial charge on any atom is -0.320 e. The Morgan fingerprint density at radius 2 is 1.87 bits per heavy atom. The van der Waals surface area contributed by atoms with Crippen molar-refractivity contribution in [2.24, 2.45) is 0 Å². The predicted molar refractivity (Wildman–Crippen MR) is 118 cm³/mol. The molecule has 0 saturated heterocycles. The molecule has 1 aromatic heterocycles. The van der Waals surface area contributed by atoms with Crippen LogP contribution in [-0.2, 0) is 0 Å². The van der Waals surface area contributed by atoms with Crippen LogP contribution in [0.2, 0.25) is 5.02 Å². The van der Waals surface area contributed by atoms with E-state index in [4.69, 9.17) is 16.6 Å². The third-order valence-corrected chi connectivity index (χ3v) is 5.43. The summed E-state index contributed by atoms with van der Waals surface area (Å²) in [6.07, 6.45) is 0. The summed E-state index contributed by atoms with van der Waals surface area (Å²) in [5.41, 5.74) is 2.98. The van der Waals surface area contributed by atoms with Gasteiger partial charge in [-0.25, -0.2) is 13.8 Å². The van der Waals surface area contributed by atoms with Crippen molar-refractivity contribution >= 4 is 50.0 Å².